The number of halogens is 1. The molecule has 0 saturated carbocycles. The molecule has 2 heterocycles. The van der Waals surface area contributed by atoms with Crippen LogP contribution in [0, 0.1) is 19.7 Å². The lowest BCUT2D eigenvalue weighted by Gasteiger charge is -1.96. The van der Waals surface area contributed by atoms with Crippen molar-refractivity contribution in [3.05, 3.63) is 47.5 Å². The van der Waals surface area contributed by atoms with Gasteiger partial charge in [0.2, 0.25) is 0 Å². The molecule has 1 N–H and O–H groups in total. The van der Waals surface area contributed by atoms with E-state index in [0.29, 0.717) is 11.1 Å². The van der Waals surface area contributed by atoms with Gasteiger partial charge in [0.05, 0.1) is 11.0 Å². The first-order chi connectivity index (χ1) is 8.65. The smallest absolute Gasteiger partial charge is 0.140 e. The summed E-state index contributed by atoms with van der Waals surface area (Å²) in [4.78, 5) is 11.8. The van der Waals surface area contributed by atoms with Gasteiger partial charge in [0, 0.05) is 23.5 Å². The van der Waals surface area contributed by atoms with Crippen LogP contribution >= 0.6 is 0 Å². The van der Waals surface area contributed by atoms with Crippen LogP contribution in [0.2, 0.25) is 0 Å². The minimum absolute atomic E-state index is 0.233. The number of rotatable bonds is 1. The Bertz CT molecular complexity index is 731. The monoisotopic (exact) mass is 241 g/mol. The molecule has 0 bridgehead atoms. The third-order valence-electron chi connectivity index (χ3n) is 2.99. The molecule has 2 aromatic heterocycles. The van der Waals surface area contributed by atoms with Gasteiger partial charge in [-0.15, -0.1) is 0 Å². The number of fused-ring (bicyclic) bond motifs is 1. The molecule has 90 valence electrons. The number of nitrogens with one attached hydrogen (secondary N) is 1. The topological polar surface area (TPSA) is 41.6 Å². The first kappa shape index (κ1) is 10.9. The summed E-state index contributed by atoms with van der Waals surface area (Å²) in [7, 11) is 0. The Morgan fingerprint density at radius 2 is 2.00 bits per heavy atom. The fourth-order valence-corrected chi connectivity index (χ4v) is 2.01. The molecule has 0 aliphatic heterocycles. The van der Waals surface area contributed by atoms with Gasteiger partial charge in [-0.2, -0.15) is 0 Å². The van der Waals surface area contributed by atoms with Crippen LogP contribution in [0.4, 0.5) is 4.39 Å². The number of hydrogen-bond acceptors (Lipinski definition) is 2. The van der Waals surface area contributed by atoms with Gasteiger partial charge < -0.3 is 4.98 Å². The second-order valence-electron chi connectivity index (χ2n) is 4.40. The van der Waals surface area contributed by atoms with Gasteiger partial charge in [0.25, 0.3) is 0 Å². The summed E-state index contributed by atoms with van der Waals surface area (Å²) in [5.41, 5.74) is 4.05. The Morgan fingerprint density at radius 1 is 1.17 bits per heavy atom. The van der Waals surface area contributed by atoms with E-state index in [9.17, 15) is 4.39 Å². The molecule has 0 aliphatic rings. The van der Waals surface area contributed by atoms with E-state index in [1.165, 1.54) is 6.07 Å². The highest BCUT2D eigenvalue weighted by atomic mass is 19.1. The van der Waals surface area contributed by atoms with Crippen LogP contribution in [-0.2, 0) is 0 Å². The lowest BCUT2D eigenvalue weighted by atomic mass is 10.2. The van der Waals surface area contributed by atoms with Gasteiger partial charge in [-0.3, -0.25) is 4.98 Å². The van der Waals surface area contributed by atoms with Crippen LogP contribution in [0.15, 0.2) is 30.6 Å². The number of pyridine rings is 1. The molecule has 0 spiro atoms. The maximum absolute atomic E-state index is 13.5. The summed E-state index contributed by atoms with van der Waals surface area (Å²) < 4.78 is 13.5. The van der Waals surface area contributed by atoms with Crippen molar-refractivity contribution in [2.75, 3.05) is 0 Å². The number of aromatic nitrogens is 3. The first-order valence-electron chi connectivity index (χ1n) is 5.72. The number of aryl methyl sites for hydroxylation is 2. The minimum atomic E-state index is -0.233. The molecule has 4 heteroatoms. The molecule has 0 aliphatic carbocycles. The molecule has 0 atom stereocenters. The van der Waals surface area contributed by atoms with Crippen molar-refractivity contribution in [2.24, 2.45) is 0 Å². The van der Waals surface area contributed by atoms with E-state index in [2.05, 4.69) is 15.0 Å². The highest BCUT2D eigenvalue weighted by Crippen LogP contribution is 2.23. The second kappa shape index (κ2) is 3.91. The molecule has 0 fully saturated rings. The van der Waals surface area contributed by atoms with Crippen molar-refractivity contribution < 1.29 is 4.39 Å². The number of H-pyrrole nitrogens is 1. The maximum atomic E-state index is 13.5. The Labute approximate surface area is 104 Å². The molecule has 3 nitrogen and oxygen atoms in total. The second-order valence-corrected chi connectivity index (χ2v) is 4.40. The van der Waals surface area contributed by atoms with E-state index < -0.39 is 0 Å². The molecular formula is C14H12FN3. The quantitative estimate of drug-likeness (QED) is 0.709. The van der Waals surface area contributed by atoms with Crippen molar-refractivity contribution in [3.63, 3.8) is 0 Å². The highest BCUT2D eigenvalue weighted by Gasteiger charge is 2.10. The van der Waals surface area contributed by atoms with E-state index >= 15 is 0 Å². The number of benzene rings is 1. The van der Waals surface area contributed by atoms with Gasteiger partial charge in [-0.05, 0) is 37.6 Å². The fraction of sp³-hybridized carbons (Fsp3) is 0.143. The van der Waals surface area contributed by atoms with Crippen molar-refractivity contribution >= 4 is 11.0 Å². The number of hydrogen-bond donors (Lipinski definition) is 1. The predicted octanol–water partition coefficient (Wildman–Crippen LogP) is 3.38. The van der Waals surface area contributed by atoms with E-state index in [-0.39, 0.29) is 5.82 Å². The van der Waals surface area contributed by atoms with E-state index in [4.69, 9.17) is 0 Å². The molecule has 3 rings (SSSR count). The number of nitrogens with zero attached hydrogens (tertiary/aromatic N) is 2. The average molecular weight is 241 g/mol. The highest BCUT2D eigenvalue weighted by molar-refractivity contribution is 5.82. The van der Waals surface area contributed by atoms with Crippen LogP contribution in [0.3, 0.4) is 0 Å². The summed E-state index contributed by atoms with van der Waals surface area (Å²) in [6.07, 6.45) is 3.54. The Balaban J connectivity index is 2.23. The summed E-state index contributed by atoms with van der Waals surface area (Å²) in [5.74, 6) is 0.484. The Kier molecular flexibility index (Phi) is 2.37. The zero-order chi connectivity index (χ0) is 12.7. The van der Waals surface area contributed by atoms with Gasteiger partial charge in [-0.25, -0.2) is 9.37 Å². The minimum Gasteiger partial charge on any atom is -0.338 e. The molecule has 0 radical (unpaired) electrons. The van der Waals surface area contributed by atoms with Crippen molar-refractivity contribution in [1.29, 1.82) is 0 Å². The molecule has 1 aromatic carbocycles. The number of imidazole rings is 1. The third-order valence-corrected chi connectivity index (χ3v) is 2.99. The lowest BCUT2D eigenvalue weighted by Crippen LogP contribution is -1.84. The van der Waals surface area contributed by atoms with Gasteiger partial charge in [0.15, 0.2) is 0 Å². The molecule has 0 saturated heterocycles. The number of aromatic amines is 1. The van der Waals surface area contributed by atoms with E-state index in [0.717, 1.165) is 22.5 Å². The summed E-state index contributed by atoms with van der Waals surface area (Å²) >= 11 is 0. The zero-order valence-electron chi connectivity index (χ0n) is 10.2. The van der Waals surface area contributed by atoms with Crippen molar-refractivity contribution in [2.45, 2.75) is 13.8 Å². The van der Waals surface area contributed by atoms with Crippen molar-refractivity contribution in [1.82, 2.24) is 15.0 Å². The molecule has 3 aromatic rings. The SMILES string of the molecule is Cc1cncc(-c2nc3c(C)c(F)ccc3[nH]2)c1. The van der Waals surface area contributed by atoms with Crippen LogP contribution in [-0.4, -0.2) is 15.0 Å². The average Bonchev–Trinajstić information content (AvgIpc) is 2.79. The van der Waals surface area contributed by atoms with Gasteiger partial charge >= 0.3 is 0 Å². The summed E-state index contributed by atoms with van der Waals surface area (Å²) in [5, 5.41) is 0. The van der Waals surface area contributed by atoms with Gasteiger partial charge in [-0.1, -0.05) is 0 Å². The molecule has 18 heavy (non-hydrogen) atoms. The lowest BCUT2D eigenvalue weighted by molar-refractivity contribution is 0.620. The molecule has 0 unspecified atom stereocenters. The van der Waals surface area contributed by atoms with Crippen LogP contribution in [0.1, 0.15) is 11.1 Å². The summed E-state index contributed by atoms with van der Waals surface area (Å²) in [6, 6.07) is 5.15. The van der Waals surface area contributed by atoms with Gasteiger partial charge in [0.1, 0.15) is 11.6 Å². The Hall–Kier alpha value is -2.23. The van der Waals surface area contributed by atoms with Crippen LogP contribution < -0.4 is 0 Å². The van der Waals surface area contributed by atoms with Crippen molar-refractivity contribution in [3.8, 4) is 11.4 Å². The first-order valence-corrected chi connectivity index (χ1v) is 5.72. The third kappa shape index (κ3) is 1.66. The standard InChI is InChI=1S/C14H12FN3/c1-8-5-10(7-16-6-8)14-17-12-4-3-11(15)9(2)13(12)18-14/h3-7H,1-2H3,(H,17,18). The normalized spacial score (nSPS) is 11.1. The summed E-state index contributed by atoms with van der Waals surface area (Å²) in [6.45, 7) is 3.71. The maximum Gasteiger partial charge on any atom is 0.140 e. The van der Waals surface area contributed by atoms with Crippen LogP contribution in [0.5, 0.6) is 0 Å². The predicted molar refractivity (Wildman–Crippen MR) is 68.8 cm³/mol. The van der Waals surface area contributed by atoms with Crippen LogP contribution in [0.25, 0.3) is 22.4 Å². The van der Waals surface area contributed by atoms with E-state index in [1.54, 1.807) is 25.4 Å². The van der Waals surface area contributed by atoms with E-state index in [1.807, 2.05) is 13.0 Å². The fourth-order valence-electron chi connectivity index (χ4n) is 2.01. The molecule has 0 amide bonds. The Morgan fingerprint density at radius 3 is 2.78 bits per heavy atom. The molecular weight excluding hydrogens is 229 g/mol. The largest absolute Gasteiger partial charge is 0.338 e. The zero-order valence-corrected chi connectivity index (χ0v) is 10.2.